The molecule has 0 fully saturated rings. The van der Waals surface area contributed by atoms with Crippen molar-refractivity contribution in [3.8, 4) is 12.3 Å². The molecule has 0 spiro atoms. The second-order valence-corrected chi connectivity index (χ2v) is 6.83. The SMILES string of the molecule is C#CCC.CC[SiH](CC)CC. The second kappa shape index (κ2) is 12.5. The molecule has 0 heterocycles. The Morgan fingerprint density at radius 3 is 1.27 bits per heavy atom. The van der Waals surface area contributed by atoms with Gasteiger partial charge in [0.2, 0.25) is 0 Å². The Hall–Kier alpha value is -0.223. The quantitative estimate of drug-likeness (QED) is 0.450. The zero-order chi connectivity index (χ0) is 9.11. The van der Waals surface area contributed by atoms with E-state index in [0.717, 1.165) is 6.42 Å². The minimum atomic E-state index is -0.171. The molecule has 0 nitrogen and oxygen atoms in total. The van der Waals surface area contributed by atoms with Crippen molar-refractivity contribution >= 4 is 8.80 Å². The summed E-state index contributed by atoms with van der Waals surface area (Å²) in [5.41, 5.74) is 0. The molecule has 0 rings (SSSR count). The fourth-order valence-electron chi connectivity index (χ4n) is 0.866. The first-order valence-electron chi connectivity index (χ1n) is 4.70. The molecule has 0 aliphatic heterocycles. The van der Waals surface area contributed by atoms with Gasteiger partial charge in [0.25, 0.3) is 0 Å². The topological polar surface area (TPSA) is 0 Å². The summed E-state index contributed by atoms with van der Waals surface area (Å²) in [6, 6.07) is 4.48. The lowest BCUT2D eigenvalue weighted by Crippen LogP contribution is -2.04. The Kier molecular flexibility index (Phi) is 15.1. The minimum Gasteiger partial charge on any atom is -0.120 e. The third-order valence-electron chi connectivity index (χ3n) is 1.94. The Labute approximate surface area is 74.0 Å². The maximum atomic E-state index is 4.78. The molecule has 0 radical (unpaired) electrons. The van der Waals surface area contributed by atoms with Gasteiger partial charge in [-0.3, -0.25) is 0 Å². The van der Waals surface area contributed by atoms with E-state index in [1.807, 2.05) is 6.92 Å². The first-order valence-corrected chi connectivity index (χ1v) is 7.14. The summed E-state index contributed by atoms with van der Waals surface area (Å²) in [7, 11) is -0.171. The van der Waals surface area contributed by atoms with Crippen molar-refractivity contribution < 1.29 is 0 Å². The van der Waals surface area contributed by atoms with Crippen LogP contribution in [0.4, 0.5) is 0 Å². The van der Waals surface area contributed by atoms with Crippen LogP contribution in [0.5, 0.6) is 0 Å². The molecule has 0 bridgehead atoms. The van der Waals surface area contributed by atoms with Crippen molar-refractivity contribution in [2.75, 3.05) is 0 Å². The highest BCUT2D eigenvalue weighted by atomic mass is 28.3. The van der Waals surface area contributed by atoms with Gasteiger partial charge in [-0.05, 0) is 0 Å². The first-order chi connectivity index (χ1) is 5.26. The molecular formula is C10H22Si. The number of rotatable bonds is 3. The van der Waals surface area contributed by atoms with E-state index < -0.39 is 0 Å². The predicted octanol–water partition coefficient (Wildman–Crippen LogP) is 3.30. The van der Waals surface area contributed by atoms with Crippen LogP contribution >= 0.6 is 0 Å². The van der Waals surface area contributed by atoms with Crippen LogP contribution in [0.2, 0.25) is 18.1 Å². The zero-order valence-corrected chi connectivity index (χ0v) is 9.64. The second-order valence-electron chi connectivity index (χ2n) is 2.65. The van der Waals surface area contributed by atoms with Gasteiger partial charge < -0.3 is 0 Å². The van der Waals surface area contributed by atoms with Gasteiger partial charge in [-0.25, -0.2) is 0 Å². The van der Waals surface area contributed by atoms with Crippen LogP contribution in [0.1, 0.15) is 34.1 Å². The Morgan fingerprint density at radius 1 is 1.00 bits per heavy atom. The van der Waals surface area contributed by atoms with Gasteiger partial charge >= 0.3 is 0 Å². The molecular weight excluding hydrogens is 148 g/mol. The minimum absolute atomic E-state index is 0.171. The molecule has 0 aliphatic carbocycles. The monoisotopic (exact) mass is 170 g/mol. The van der Waals surface area contributed by atoms with Crippen LogP contribution in [0.3, 0.4) is 0 Å². The Bertz CT molecular complexity index is 82.0. The maximum absolute atomic E-state index is 4.78. The van der Waals surface area contributed by atoms with Gasteiger partial charge in [-0.2, -0.15) is 0 Å². The van der Waals surface area contributed by atoms with Crippen molar-refractivity contribution in [2.24, 2.45) is 0 Å². The highest BCUT2D eigenvalue weighted by Gasteiger charge is 1.98. The fraction of sp³-hybridized carbons (Fsp3) is 0.800. The van der Waals surface area contributed by atoms with Crippen LogP contribution in [0.25, 0.3) is 0 Å². The van der Waals surface area contributed by atoms with Crippen LogP contribution in [0.15, 0.2) is 0 Å². The number of hydrogen-bond donors (Lipinski definition) is 0. The van der Waals surface area contributed by atoms with Gasteiger partial charge in [0.1, 0.15) is 0 Å². The van der Waals surface area contributed by atoms with Gasteiger partial charge in [-0.15, -0.1) is 12.3 Å². The van der Waals surface area contributed by atoms with Gasteiger partial charge in [-0.1, -0.05) is 45.8 Å². The van der Waals surface area contributed by atoms with Crippen LogP contribution in [-0.4, -0.2) is 8.80 Å². The average molecular weight is 170 g/mol. The van der Waals surface area contributed by atoms with E-state index in [1.165, 1.54) is 18.1 Å². The van der Waals surface area contributed by atoms with E-state index in [9.17, 15) is 0 Å². The molecule has 0 saturated heterocycles. The molecule has 0 atom stereocenters. The van der Waals surface area contributed by atoms with Crippen molar-refractivity contribution in [3.05, 3.63) is 0 Å². The van der Waals surface area contributed by atoms with E-state index >= 15 is 0 Å². The summed E-state index contributed by atoms with van der Waals surface area (Å²) in [5, 5.41) is 0. The predicted molar refractivity (Wildman–Crippen MR) is 57.7 cm³/mol. The summed E-state index contributed by atoms with van der Waals surface area (Å²) in [6.07, 6.45) is 5.62. The molecule has 0 unspecified atom stereocenters. The van der Waals surface area contributed by atoms with Crippen LogP contribution in [0, 0.1) is 12.3 Å². The summed E-state index contributed by atoms with van der Waals surface area (Å²) in [5.74, 6) is 2.43. The fourth-order valence-corrected chi connectivity index (χ4v) is 2.60. The lowest BCUT2D eigenvalue weighted by atomic mass is 10.5. The summed E-state index contributed by atoms with van der Waals surface area (Å²) >= 11 is 0. The molecule has 0 amide bonds. The summed E-state index contributed by atoms with van der Waals surface area (Å²) < 4.78 is 0. The van der Waals surface area contributed by atoms with Crippen molar-refractivity contribution in [1.82, 2.24) is 0 Å². The standard InChI is InChI=1S/C6H16Si.C4H6/c1-4-7(5-2)6-3;1-3-4-2/h7H,4-6H2,1-3H3;1H,4H2,2H3. The number of terminal acetylenes is 1. The van der Waals surface area contributed by atoms with Gasteiger partial charge in [0.05, 0.1) is 0 Å². The van der Waals surface area contributed by atoms with E-state index in [1.54, 1.807) is 0 Å². The molecule has 0 aromatic carbocycles. The highest BCUT2D eigenvalue weighted by molar-refractivity contribution is 6.58. The highest BCUT2D eigenvalue weighted by Crippen LogP contribution is 2.01. The van der Waals surface area contributed by atoms with E-state index in [0.29, 0.717) is 0 Å². The smallest absolute Gasteiger partial charge is 0.0359 e. The van der Waals surface area contributed by atoms with Crippen LogP contribution < -0.4 is 0 Å². The largest absolute Gasteiger partial charge is 0.120 e. The van der Waals surface area contributed by atoms with Gasteiger partial charge in [0, 0.05) is 15.2 Å². The Morgan fingerprint density at radius 2 is 1.27 bits per heavy atom. The van der Waals surface area contributed by atoms with Crippen LogP contribution in [-0.2, 0) is 0 Å². The lowest BCUT2D eigenvalue weighted by molar-refractivity contribution is 1.24. The average Bonchev–Trinajstić information content (AvgIpc) is 2.08. The Balaban J connectivity index is 0. The maximum Gasteiger partial charge on any atom is 0.0359 e. The molecule has 0 aromatic rings. The summed E-state index contributed by atoms with van der Waals surface area (Å²) in [4.78, 5) is 0. The summed E-state index contributed by atoms with van der Waals surface area (Å²) in [6.45, 7) is 8.91. The van der Waals surface area contributed by atoms with E-state index in [-0.39, 0.29) is 8.80 Å². The first kappa shape index (κ1) is 13.4. The number of hydrogen-bond acceptors (Lipinski definition) is 0. The third-order valence-corrected chi connectivity index (χ3v) is 5.40. The van der Waals surface area contributed by atoms with E-state index in [2.05, 4.69) is 26.7 Å². The van der Waals surface area contributed by atoms with Crippen molar-refractivity contribution in [3.63, 3.8) is 0 Å². The van der Waals surface area contributed by atoms with E-state index in [4.69, 9.17) is 6.42 Å². The van der Waals surface area contributed by atoms with Gasteiger partial charge in [0.15, 0.2) is 0 Å². The molecule has 66 valence electrons. The molecule has 0 aromatic heterocycles. The van der Waals surface area contributed by atoms with Crippen molar-refractivity contribution in [1.29, 1.82) is 0 Å². The third kappa shape index (κ3) is 12.9. The molecule has 11 heavy (non-hydrogen) atoms. The molecule has 0 saturated carbocycles. The molecule has 1 heteroatoms. The lowest BCUT2D eigenvalue weighted by Gasteiger charge is -2.03. The zero-order valence-electron chi connectivity index (χ0n) is 8.48. The van der Waals surface area contributed by atoms with Crippen molar-refractivity contribution in [2.45, 2.75) is 52.2 Å². The molecule has 0 aliphatic rings. The normalized spacial score (nSPS) is 8.36. The molecule has 0 N–H and O–H groups in total.